The van der Waals surface area contributed by atoms with Crippen LogP contribution in [0.4, 0.5) is 0 Å². The highest BCUT2D eigenvalue weighted by molar-refractivity contribution is 6.00. The zero-order chi connectivity index (χ0) is 62.4. The average Bonchev–Trinajstić information content (AvgIpc) is 3.94. The fourth-order valence-electron chi connectivity index (χ4n) is 8.24. The second-order valence-corrected chi connectivity index (χ2v) is 19.8. The van der Waals surface area contributed by atoms with Crippen LogP contribution < -0.4 is 58.9 Å². The quantitative estimate of drug-likeness (QED) is 0.0333. The highest BCUT2D eigenvalue weighted by atomic mass is 16.4. The first-order valence-electron chi connectivity index (χ1n) is 26.2. The Bertz CT molecular complexity index is 2660. The lowest BCUT2D eigenvalue weighted by Gasteiger charge is -2.32. The lowest BCUT2D eigenvalue weighted by molar-refractivity contribution is -0.145. The first kappa shape index (κ1) is 68.5. The zero-order valence-corrected chi connectivity index (χ0v) is 46.4. The van der Waals surface area contributed by atoms with Gasteiger partial charge in [0.25, 0.3) is 0 Å². The number of aromatic hydroxyl groups is 1. The lowest BCUT2D eigenvalue weighted by Crippen LogP contribution is -2.63. The summed E-state index contributed by atoms with van der Waals surface area (Å²) in [5, 5.41) is 82.6. The number of rotatable bonds is 31. The molecule has 0 radical (unpaired) electrons. The molecule has 2 aromatic carbocycles. The van der Waals surface area contributed by atoms with Crippen molar-refractivity contribution in [3.63, 3.8) is 0 Å². The van der Waals surface area contributed by atoms with Gasteiger partial charge >= 0.3 is 5.97 Å². The Balaban J connectivity index is 1.67. The van der Waals surface area contributed by atoms with Gasteiger partial charge in [0.2, 0.25) is 70.9 Å². The Labute approximate surface area is 476 Å². The molecule has 0 bridgehead atoms. The molecule has 12 amide bonds. The minimum absolute atomic E-state index is 0.0179. The van der Waals surface area contributed by atoms with Crippen LogP contribution in [-0.2, 0) is 75.2 Å². The Morgan fingerprint density at radius 3 is 1.48 bits per heavy atom. The van der Waals surface area contributed by atoms with Crippen LogP contribution in [0.15, 0.2) is 54.6 Å². The summed E-state index contributed by atoms with van der Waals surface area (Å²) in [5.74, 6) is -13.7. The average molecular weight is 1170 g/mol. The van der Waals surface area contributed by atoms with Crippen molar-refractivity contribution in [2.75, 3.05) is 19.8 Å². The Morgan fingerprint density at radius 2 is 0.964 bits per heavy atom. The predicted molar refractivity (Wildman–Crippen MR) is 288 cm³/mol. The summed E-state index contributed by atoms with van der Waals surface area (Å²) in [6.07, 6.45) is -4.51. The van der Waals surface area contributed by atoms with E-state index in [1.807, 2.05) is 10.6 Å². The second kappa shape index (κ2) is 32.6. The van der Waals surface area contributed by atoms with Crippen LogP contribution in [0, 0.1) is 0 Å². The SMILES string of the molecule is CC(=O)NC(CO)C(=O)NC(CO)C(=O)NC(CC(=O)O)C(=O)NC(C(=O)NC(C(=O)N1CCCC1C(=O)NC(C)C(=O)NC(C)C(=O)NC(Cc1ccccc1)C(=O)NC(C)C(=O)NC(Cc1ccc(O)cc1)C(N)=O)C(C)O)C(C)O. The van der Waals surface area contributed by atoms with Crippen molar-refractivity contribution in [1.29, 1.82) is 0 Å². The van der Waals surface area contributed by atoms with Gasteiger partial charge in [-0.05, 0) is 70.7 Å². The standard InChI is InChI=1S/C52H74N12O19/c1-24(43(74)54-25(2)45(76)59-34(20-30-11-8-7-9-12-30)46(77)55-26(3)44(75)58-33(42(53)73)19-31-14-16-32(70)17-15-31)56-50(81)38-13-10-18-64(38)52(83)41(28(5)68)63-51(82)40(27(4)67)62-47(78)35(21-39(71)72)60-49(80)37(23-66)61-48(79)36(22-65)57-29(6)69/h7-9,11-12,14-17,24-28,33-38,40-41,65-68,70H,10,13,18-23H2,1-6H3,(H2,53,73)(H,54,74)(H,55,77)(H,56,81)(H,57,69)(H,58,75)(H,59,76)(H,60,80)(H,61,79)(H,62,78)(H,63,82)(H,71,72). The van der Waals surface area contributed by atoms with Crippen molar-refractivity contribution in [1.82, 2.24) is 58.1 Å². The fraction of sp³-hybridized carbons (Fsp3) is 0.519. The molecule has 0 aliphatic carbocycles. The van der Waals surface area contributed by atoms with Crippen LogP contribution in [0.2, 0.25) is 0 Å². The molecule has 0 saturated carbocycles. The number of carboxylic acids is 1. The summed E-state index contributed by atoms with van der Waals surface area (Å²) in [6.45, 7) is 4.91. The number of nitrogens with one attached hydrogen (secondary N) is 10. The maximum absolute atomic E-state index is 14.0. The summed E-state index contributed by atoms with van der Waals surface area (Å²) >= 11 is 0. The number of carbonyl (C=O) groups is 13. The number of aliphatic hydroxyl groups excluding tert-OH is 4. The third-order valence-corrected chi connectivity index (χ3v) is 12.9. The highest BCUT2D eigenvalue weighted by Crippen LogP contribution is 2.20. The molecule has 31 heteroatoms. The number of carboxylic acid groups (broad SMARTS) is 1. The smallest absolute Gasteiger partial charge is 0.305 e. The van der Waals surface area contributed by atoms with Crippen LogP contribution >= 0.6 is 0 Å². The van der Waals surface area contributed by atoms with Crippen molar-refractivity contribution >= 4 is 76.9 Å². The van der Waals surface area contributed by atoms with Gasteiger partial charge in [-0.3, -0.25) is 62.3 Å². The Kier molecular flexibility index (Phi) is 26.9. The van der Waals surface area contributed by atoms with Gasteiger partial charge in [-0.1, -0.05) is 42.5 Å². The minimum atomic E-state index is -2.04. The van der Waals surface area contributed by atoms with Crippen molar-refractivity contribution in [3.8, 4) is 5.75 Å². The van der Waals surface area contributed by atoms with Crippen LogP contribution in [0.5, 0.6) is 5.75 Å². The van der Waals surface area contributed by atoms with Crippen LogP contribution in [0.1, 0.15) is 71.9 Å². The number of phenols is 1. The van der Waals surface area contributed by atoms with Gasteiger partial charge in [0.1, 0.15) is 72.2 Å². The number of aliphatic carboxylic acids is 1. The van der Waals surface area contributed by atoms with E-state index in [-0.39, 0.29) is 38.0 Å². The van der Waals surface area contributed by atoms with Crippen molar-refractivity contribution in [2.45, 2.75) is 152 Å². The summed E-state index contributed by atoms with van der Waals surface area (Å²) in [4.78, 5) is 171. The van der Waals surface area contributed by atoms with Gasteiger partial charge in [-0.2, -0.15) is 0 Å². The van der Waals surface area contributed by atoms with E-state index in [0.29, 0.717) is 11.1 Å². The predicted octanol–water partition coefficient (Wildman–Crippen LogP) is -7.20. The number of hydrogen-bond donors (Lipinski definition) is 17. The largest absolute Gasteiger partial charge is 0.508 e. The second-order valence-electron chi connectivity index (χ2n) is 19.8. The molecule has 1 aliphatic rings. The van der Waals surface area contributed by atoms with Crippen LogP contribution in [0.25, 0.3) is 0 Å². The molecule has 1 saturated heterocycles. The number of aliphatic hydroxyl groups is 4. The number of benzene rings is 2. The van der Waals surface area contributed by atoms with E-state index in [0.717, 1.165) is 25.7 Å². The summed E-state index contributed by atoms with van der Waals surface area (Å²) in [7, 11) is 0. The van der Waals surface area contributed by atoms with E-state index in [2.05, 4.69) is 42.5 Å². The van der Waals surface area contributed by atoms with Gasteiger partial charge in [0.05, 0.1) is 31.8 Å². The summed E-state index contributed by atoms with van der Waals surface area (Å²) in [5.41, 5.74) is 6.71. The van der Waals surface area contributed by atoms with Gasteiger partial charge in [-0.25, -0.2) is 0 Å². The number of amides is 12. The molecule has 2 aromatic rings. The van der Waals surface area contributed by atoms with Crippen molar-refractivity contribution in [3.05, 3.63) is 65.7 Å². The maximum Gasteiger partial charge on any atom is 0.305 e. The number of phenolic OH excluding ortho intramolecular Hbond substituents is 1. The molecule has 456 valence electrons. The molecule has 1 heterocycles. The number of nitrogens with two attached hydrogens (primary N) is 1. The molecule has 1 fully saturated rings. The molecule has 83 heavy (non-hydrogen) atoms. The van der Waals surface area contributed by atoms with Crippen LogP contribution in [0.3, 0.4) is 0 Å². The molecule has 18 N–H and O–H groups in total. The van der Waals surface area contributed by atoms with Gasteiger partial charge in [-0.15, -0.1) is 0 Å². The van der Waals surface area contributed by atoms with Crippen molar-refractivity contribution in [2.24, 2.45) is 5.73 Å². The van der Waals surface area contributed by atoms with Gasteiger partial charge < -0.3 is 94.4 Å². The Hall–Kier alpha value is -8.81. The highest BCUT2D eigenvalue weighted by Gasteiger charge is 2.42. The van der Waals surface area contributed by atoms with E-state index in [1.165, 1.54) is 45.0 Å². The maximum atomic E-state index is 14.0. The number of likely N-dealkylation sites (tertiary alicyclic amines) is 1. The van der Waals surface area contributed by atoms with Crippen LogP contribution in [-0.4, -0.2) is 211 Å². The molecule has 3 rings (SSSR count). The Morgan fingerprint density at radius 1 is 0.530 bits per heavy atom. The molecule has 13 unspecified atom stereocenters. The minimum Gasteiger partial charge on any atom is -0.508 e. The van der Waals surface area contributed by atoms with E-state index in [4.69, 9.17) is 5.73 Å². The molecule has 31 nitrogen and oxygen atoms in total. The number of carbonyl (C=O) groups excluding carboxylic acids is 12. The number of hydrogen-bond acceptors (Lipinski definition) is 18. The number of primary amides is 1. The summed E-state index contributed by atoms with van der Waals surface area (Å²) < 4.78 is 0. The topological polar surface area (TPSA) is 493 Å². The lowest BCUT2D eigenvalue weighted by atomic mass is 10.0. The first-order chi connectivity index (χ1) is 39.0. The van der Waals surface area contributed by atoms with Gasteiger partial charge in [0.15, 0.2) is 0 Å². The van der Waals surface area contributed by atoms with E-state index >= 15 is 0 Å². The molecular formula is C52H74N12O19. The van der Waals surface area contributed by atoms with Gasteiger partial charge in [0, 0.05) is 26.3 Å². The fourth-order valence-corrected chi connectivity index (χ4v) is 8.24. The van der Waals surface area contributed by atoms with E-state index in [1.54, 1.807) is 30.3 Å². The monoisotopic (exact) mass is 1170 g/mol. The summed E-state index contributed by atoms with van der Waals surface area (Å²) in [6, 6.07) is -2.79. The van der Waals surface area contributed by atoms with Crippen molar-refractivity contribution < 1.29 is 93.0 Å². The molecule has 13 atom stereocenters. The third kappa shape index (κ3) is 21.6. The first-order valence-corrected chi connectivity index (χ1v) is 26.2. The molecule has 0 spiro atoms. The molecule has 1 aliphatic heterocycles. The normalized spacial score (nSPS) is 17.2. The van der Waals surface area contributed by atoms with E-state index in [9.17, 15) is 93.0 Å². The molecule has 0 aromatic heterocycles. The number of nitrogens with zero attached hydrogens (tertiary/aromatic N) is 1. The third-order valence-electron chi connectivity index (χ3n) is 12.9. The van der Waals surface area contributed by atoms with E-state index < -0.39 is 175 Å². The molecular weight excluding hydrogens is 1100 g/mol. The zero-order valence-electron chi connectivity index (χ0n) is 46.4.